The first-order valence-corrected chi connectivity index (χ1v) is 8.90. The van der Waals surface area contributed by atoms with Gasteiger partial charge in [-0.1, -0.05) is 12.1 Å². The van der Waals surface area contributed by atoms with Gasteiger partial charge in [0.05, 0.1) is 0 Å². The second-order valence-corrected chi connectivity index (χ2v) is 7.25. The molecule has 0 amide bonds. The zero-order valence-corrected chi connectivity index (χ0v) is 14.4. The summed E-state index contributed by atoms with van der Waals surface area (Å²) in [7, 11) is 0. The predicted octanol–water partition coefficient (Wildman–Crippen LogP) is 2.81. The predicted molar refractivity (Wildman–Crippen MR) is 94.8 cm³/mol. The molecule has 0 saturated carbocycles. The van der Waals surface area contributed by atoms with Gasteiger partial charge in [0.1, 0.15) is 0 Å². The van der Waals surface area contributed by atoms with E-state index in [4.69, 9.17) is 0 Å². The molecular formula is C19H31N3. The van der Waals surface area contributed by atoms with E-state index in [-0.39, 0.29) is 0 Å². The molecule has 2 unspecified atom stereocenters. The summed E-state index contributed by atoms with van der Waals surface area (Å²) in [5, 5.41) is 3.56. The van der Waals surface area contributed by atoms with Gasteiger partial charge >= 0.3 is 0 Å². The molecule has 0 aromatic heterocycles. The van der Waals surface area contributed by atoms with Crippen LogP contribution in [0.1, 0.15) is 30.9 Å². The Kier molecular flexibility index (Phi) is 5.04. The minimum atomic E-state index is 0.704. The van der Waals surface area contributed by atoms with Crippen LogP contribution in [-0.4, -0.2) is 50.2 Å². The molecule has 0 radical (unpaired) electrons. The number of nitrogens with zero attached hydrogens (tertiary/aromatic N) is 2. The van der Waals surface area contributed by atoms with Crippen molar-refractivity contribution in [3.05, 3.63) is 29.3 Å². The van der Waals surface area contributed by atoms with Crippen LogP contribution in [0.3, 0.4) is 0 Å². The van der Waals surface area contributed by atoms with Gasteiger partial charge in [0.2, 0.25) is 0 Å². The van der Waals surface area contributed by atoms with Crippen molar-refractivity contribution in [2.24, 2.45) is 5.92 Å². The van der Waals surface area contributed by atoms with Crippen molar-refractivity contribution >= 4 is 5.69 Å². The van der Waals surface area contributed by atoms with Crippen LogP contribution in [-0.2, 0) is 0 Å². The Morgan fingerprint density at radius 2 is 1.91 bits per heavy atom. The number of aryl methyl sites for hydroxylation is 1. The van der Waals surface area contributed by atoms with Crippen molar-refractivity contribution in [3.8, 4) is 0 Å². The van der Waals surface area contributed by atoms with Crippen LogP contribution < -0.4 is 10.2 Å². The van der Waals surface area contributed by atoms with Crippen LogP contribution in [0.2, 0.25) is 0 Å². The lowest BCUT2D eigenvalue weighted by Crippen LogP contribution is -2.49. The third-order valence-electron chi connectivity index (χ3n) is 5.54. The minimum Gasteiger partial charge on any atom is -0.369 e. The van der Waals surface area contributed by atoms with Crippen LogP contribution in [0, 0.1) is 19.8 Å². The lowest BCUT2D eigenvalue weighted by atomic mass is 9.92. The molecule has 1 aromatic carbocycles. The maximum absolute atomic E-state index is 3.56. The van der Waals surface area contributed by atoms with Gasteiger partial charge in [-0.05, 0) is 63.3 Å². The van der Waals surface area contributed by atoms with E-state index in [1.807, 2.05) is 0 Å². The second kappa shape index (κ2) is 7.01. The highest BCUT2D eigenvalue weighted by Gasteiger charge is 2.24. The van der Waals surface area contributed by atoms with Gasteiger partial charge in [0.25, 0.3) is 0 Å². The molecule has 22 heavy (non-hydrogen) atoms. The Balaban J connectivity index is 1.53. The van der Waals surface area contributed by atoms with Crippen molar-refractivity contribution in [1.29, 1.82) is 0 Å². The Labute approximate surface area is 135 Å². The van der Waals surface area contributed by atoms with E-state index >= 15 is 0 Å². The molecule has 3 rings (SSSR count). The summed E-state index contributed by atoms with van der Waals surface area (Å²) in [4.78, 5) is 5.26. The SMILES string of the molecule is Cc1cccc(N2CCN(CC3CCNC(C)C3)CC2)c1C. The maximum atomic E-state index is 3.56. The van der Waals surface area contributed by atoms with Crippen LogP contribution in [0.15, 0.2) is 18.2 Å². The molecule has 1 N–H and O–H groups in total. The first kappa shape index (κ1) is 15.8. The zero-order chi connectivity index (χ0) is 15.5. The van der Waals surface area contributed by atoms with E-state index in [0.29, 0.717) is 6.04 Å². The van der Waals surface area contributed by atoms with Crippen molar-refractivity contribution < 1.29 is 0 Å². The number of rotatable bonds is 3. The molecule has 3 nitrogen and oxygen atoms in total. The van der Waals surface area contributed by atoms with E-state index in [0.717, 1.165) is 5.92 Å². The van der Waals surface area contributed by atoms with Crippen molar-refractivity contribution in [2.75, 3.05) is 44.2 Å². The average Bonchev–Trinajstić information content (AvgIpc) is 2.51. The molecule has 122 valence electrons. The summed E-state index contributed by atoms with van der Waals surface area (Å²) in [6, 6.07) is 7.40. The molecule has 2 fully saturated rings. The first-order chi connectivity index (χ1) is 10.6. The van der Waals surface area contributed by atoms with Crippen molar-refractivity contribution in [2.45, 2.75) is 39.7 Å². The Hall–Kier alpha value is -1.06. The molecule has 3 heteroatoms. The first-order valence-electron chi connectivity index (χ1n) is 8.90. The van der Waals surface area contributed by atoms with Gasteiger partial charge < -0.3 is 10.2 Å². The monoisotopic (exact) mass is 301 g/mol. The minimum absolute atomic E-state index is 0.704. The van der Waals surface area contributed by atoms with Gasteiger partial charge in [0, 0.05) is 44.5 Å². The van der Waals surface area contributed by atoms with E-state index in [2.05, 4.69) is 54.1 Å². The van der Waals surface area contributed by atoms with Crippen LogP contribution in [0.5, 0.6) is 0 Å². The fourth-order valence-electron chi connectivity index (χ4n) is 4.02. The Morgan fingerprint density at radius 3 is 2.64 bits per heavy atom. The Bertz CT molecular complexity index is 491. The second-order valence-electron chi connectivity index (χ2n) is 7.25. The summed E-state index contributed by atoms with van der Waals surface area (Å²) in [6.45, 7) is 14.1. The highest BCUT2D eigenvalue weighted by atomic mass is 15.3. The van der Waals surface area contributed by atoms with E-state index < -0.39 is 0 Å². The highest BCUT2D eigenvalue weighted by Crippen LogP contribution is 2.24. The zero-order valence-electron chi connectivity index (χ0n) is 14.4. The molecule has 2 aliphatic rings. The molecule has 0 spiro atoms. The summed E-state index contributed by atoms with van der Waals surface area (Å²) >= 11 is 0. The molecule has 0 aliphatic carbocycles. The van der Waals surface area contributed by atoms with E-state index in [9.17, 15) is 0 Å². The fraction of sp³-hybridized carbons (Fsp3) is 0.684. The molecular weight excluding hydrogens is 270 g/mol. The van der Waals surface area contributed by atoms with Crippen LogP contribution >= 0.6 is 0 Å². The number of benzene rings is 1. The maximum Gasteiger partial charge on any atom is 0.0399 e. The van der Waals surface area contributed by atoms with Gasteiger partial charge in [-0.2, -0.15) is 0 Å². The molecule has 2 saturated heterocycles. The van der Waals surface area contributed by atoms with Crippen LogP contribution in [0.25, 0.3) is 0 Å². The third kappa shape index (κ3) is 3.64. The van der Waals surface area contributed by atoms with Crippen molar-refractivity contribution in [1.82, 2.24) is 10.2 Å². The summed E-state index contributed by atoms with van der Waals surface area (Å²) in [6.07, 6.45) is 2.69. The number of hydrogen-bond donors (Lipinski definition) is 1. The largest absolute Gasteiger partial charge is 0.369 e. The summed E-state index contributed by atoms with van der Waals surface area (Å²) in [5.74, 6) is 0.892. The fourth-order valence-corrected chi connectivity index (χ4v) is 4.02. The average molecular weight is 301 g/mol. The van der Waals surface area contributed by atoms with Gasteiger partial charge in [0.15, 0.2) is 0 Å². The standard InChI is InChI=1S/C19H31N3/c1-15-5-4-6-19(17(15)3)22-11-9-21(10-12-22)14-18-7-8-20-16(2)13-18/h4-6,16,18,20H,7-14H2,1-3H3. The molecule has 2 heterocycles. The highest BCUT2D eigenvalue weighted by molar-refractivity contribution is 5.56. The quantitative estimate of drug-likeness (QED) is 0.926. The summed E-state index contributed by atoms with van der Waals surface area (Å²) in [5.41, 5.74) is 4.29. The van der Waals surface area contributed by atoms with Gasteiger partial charge in [-0.3, -0.25) is 4.90 Å². The number of piperazine rings is 1. The van der Waals surface area contributed by atoms with Crippen LogP contribution in [0.4, 0.5) is 5.69 Å². The Morgan fingerprint density at radius 1 is 1.14 bits per heavy atom. The van der Waals surface area contributed by atoms with E-state index in [1.165, 1.54) is 68.9 Å². The van der Waals surface area contributed by atoms with E-state index in [1.54, 1.807) is 0 Å². The smallest absolute Gasteiger partial charge is 0.0399 e. The van der Waals surface area contributed by atoms with Gasteiger partial charge in [-0.15, -0.1) is 0 Å². The lowest BCUT2D eigenvalue weighted by Gasteiger charge is -2.39. The molecule has 2 atom stereocenters. The van der Waals surface area contributed by atoms with Gasteiger partial charge in [-0.25, -0.2) is 0 Å². The van der Waals surface area contributed by atoms with Crippen molar-refractivity contribution in [3.63, 3.8) is 0 Å². The molecule has 0 bridgehead atoms. The number of piperidine rings is 1. The lowest BCUT2D eigenvalue weighted by molar-refractivity contribution is 0.184. The topological polar surface area (TPSA) is 18.5 Å². The third-order valence-corrected chi connectivity index (χ3v) is 5.54. The molecule has 2 aliphatic heterocycles. The summed E-state index contributed by atoms with van der Waals surface area (Å²) < 4.78 is 0. The number of nitrogens with one attached hydrogen (secondary N) is 1. The molecule has 1 aromatic rings. The normalized spacial score (nSPS) is 27.1. The number of anilines is 1. The number of hydrogen-bond acceptors (Lipinski definition) is 3.